The van der Waals surface area contributed by atoms with Gasteiger partial charge in [-0.1, -0.05) is 59.3 Å². The van der Waals surface area contributed by atoms with Gasteiger partial charge in [0.1, 0.15) is 18.2 Å². The van der Waals surface area contributed by atoms with Crippen molar-refractivity contribution in [3.8, 4) is 0 Å². The van der Waals surface area contributed by atoms with Gasteiger partial charge in [0, 0.05) is 0 Å². The normalized spacial score (nSPS) is 12.3. The van der Waals surface area contributed by atoms with Crippen LogP contribution < -0.4 is 5.32 Å². The molecule has 6 heteroatoms. The number of alkyl carbamates (subject to hydrolysis) is 1. The molecule has 0 aromatic heterocycles. The first-order chi connectivity index (χ1) is 11.3. The first kappa shape index (κ1) is 20.7. The van der Waals surface area contributed by atoms with Gasteiger partial charge in [-0.3, -0.25) is 0 Å². The van der Waals surface area contributed by atoms with E-state index in [-0.39, 0.29) is 6.61 Å². The Labute approximate surface area is 157 Å². The van der Waals surface area contributed by atoms with Crippen LogP contribution >= 0.6 is 22.6 Å². The van der Waals surface area contributed by atoms with E-state index in [0.717, 1.165) is 22.8 Å². The zero-order chi connectivity index (χ0) is 18.0. The minimum atomic E-state index is -0.688. The number of unbranched alkanes of at least 4 members (excludes halogenated alkanes) is 1. The van der Waals surface area contributed by atoms with Crippen LogP contribution in [-0.4, -0.2) is 28.1 Å². The Kier molecular flexibility index (Phi) is 9.10. The number of carbonyl (C=O) groups excluding carboxylic acids is 2. The van der Waals surface area contributed by atoms with Crippen LogP contribution in [-0.2, 0) is 20.9 Å². The van der Waals surface area contributed by atoms with Crippen molar-refractivity contribution in [3.05, 3.63) is 35.9 Å². The summed E-state index contributed by atoms with van der Waals surface area (Å²) in [6, 6.07) is 8.77. The van der Waals surface area contributed by atoms with E-state index < -0.39 is 23.7 Å². The van der Waals surface area contributed by atoms with Gasteiger partial charge >= 0.3 is 12.1 Å². The van der Waals surface area contributed by atoms with E-state index in [1.54, 1.807) is 20.8 Å². The molecule has 0 aliphatic carbocycles. The summed E-state index contributed by atoms with van der Waals surface area (Å²) in [6.07, 6.45) is 1.76. The van der Waals surface area contributed by atoms with Gasteiger partial charge in [-0.25, -0.2) is 9.59 Å². The maximum Gasteiger partial charge on any atom is 0.408 e. The van der Waals surface area contributed by atoms with Crippen LogP contribution in [0.15, 0.2) is 30.3 Å². The lowest BCUT2D eigenvalue weighted by molar-refractivity contribution is -0.147. The third kappa shape index (κ3) is 9.10. The van der Waals surface area contributed by atoms with Crippen molar-refractivity contribution in [2.45, 2.75) is 58.3 Å². The van der Waals surface area contributed by atoms with Crippen LogP contribution in [0.3, 0.4) is 0 Å². The number of hydrogen-bond donors (Lipinski definition) is 1. The quantitative estimate of drug-likeness (QED) is 0.281. The Morgan fingerprint density at radius 1 is 1.17 bits per heavy atom. The molecule has 0 fully saturated rings. The molecule has 0 spiro atoms. The van der Waals surface area contributed by atoms with Gasteiger partial charge < -0.3 is 14.8 Å². The monoisotopic (exact) mass is 447 g/mol. The fourth-order valence-corrected chi connectivity index (χ4v) is 2.51. The summed E-state index contributed by atoms with van der Waals surface area (Å²) in [7, 11) is 0. The predicted molar refractivity (Wildman–Crippen MR) is 102 cm³/mol. The lowest BCUT2D eigenvalue weighted by Gasteiger charge is -2.23. The Morgan fingerprint density at radius 2 is 1.83 bits per heavy atom. The molecule has 0 radical (unpaired) electrons. The number of benzene rings is 1. The van der Waals surface area contributed by atoms with Gasteiger partial charge in [0.15, 0.2) is 0 Å². The molecule has 0 heterocycles. The van der Waals surface area contributed by atoms with Crippen molar-refractivity contribution in [3.63, 3.8) is 0 Å². The van der Waals surface area contributed by atoms with Crippen molar-refractivity contribution in [1.82, 2.24) is 5.32 Å². The lowest BCUT2D eigenvalue weighted by atomic mass is 10.1. The number of nitrogens with one attached hydrogen (secondary N) is 1. The van der Waals surface area contributed by atoms with E-state index in [2.05, 4.69) is 27.9 Å². The van der Waals surface area contributed by atoms with Crippen molar-refractivity contribution in [2.75, 3.05) is 4.43 Å². The number of esters is 1. The van der Waals surface area contributed by atoms with E-state index in [1.807, 2.05) is 30.3 Å². The molecule has 134 valence electrons. The molecule has 1 rings (SSSR count). The smallest absolute Gasteiger partial charge is 0.408 e. The number of rotatable bonds is 8. The third-order valence-corrected chi connectivity index (χ3v) is 3.84. The van der Waals surface area contributed by atoms with Gasteiger partial charge in [0.25, 0.3) is 0 Å². The summed E-state index contributed by atoms with van der Waals surface area (Å²) in [5, 5.41) is 2.63. The van der Waals surface area contributed by atoms with E-state index in [1.165, 1.54) is 0 Å². The topological polar surface area (TPSA) is 64.6 Å². The molecule has 1 aromatic carbocycles. The van der Waals surface area contributed by atoms with Crippen molar-refractivity contribution < 1.29 is 19.1 Å². The number of alkyl halides is 1. The highest BCUT2D eigenvalue weighted by molar-refractivity contribution is 14.1. The highest BCUT2D eigenvalue weighted by Crippen LogP contribution is 2.10. The van der Waals surface area contributed by atoms with E-state index in [9.17, 15) is 9.59 Å². The molecule has 24 heavy (non-hydrogen) atoms. The third-order valence-electron chi connectivity index (χ3n) is 3.08. The molecule has 0 bridgehead atoms. The van der Waals surface area contributed by atoms with Crippen LogP contribution in [0, 0.1) is 0 Å². The highest BCUT2D eigenvalue weighted by Gasteiger charge is 2.25. The van der Waals surface area contributed by atoms with Crippen molar-refractivity contribution in [1.29, 1.82) is 0 Å². The van der Waals surface area contributed by atoms with Gasteiger partial charge in [0.05, 0.1) is 0 Å². The van der Waals surface area contributed by atoms with Gasteiger partial charge in [-0.05, 0) is 43.6 Å². The van der Waals surface area contributed by atoms with E-state index >= 15 is 0 Å². The maximum absolute atomic E-state index is 12.3. The average Bonchev–Trinajstić information content (AvgIpc) is 2.51. The zero-order valence-electron chi connectivity index (χ0n) is 14.5. The average molecular weight is 447 g/mol. The second kappa shape index (κ2) is 10.5. The Bertz CT molecular complexity index is 514. The first-order valence-corrected chi connectivity index (χ1v) is 9.60. The molecule has 0 saturated heterocycles. The second-order valence-corrected chi connectivity index (χ2v) is 7.56. The first-order valence-electron chi connectivity index (χ1n) is 8.08. The number of ether oxygens (including phenoxy) is 2. The molecule has 0 unspecified atom stereocenters. The summed E-state index contributed by atoms with van der Waals surface area (Å²) in [6.45, 7) is 5.54. The molecular formula is C18H26INO4. The molecule has 1 amide bonds. The fraction of sp³-hybridized carbons (Fsp3) is 0.556. The lowest BCUT2D eigenvalue weighted by Crippen LogP contribution is -2.44. The summed E-state index contributed by atoms with van der Waals surface area (Å²) < 4.78 is 11.6. The summed E-state index contributed by atoms with van der Waals surface area (Å²) >= 11 is 2.29. The molecule has 1 atom stereocenters. The number of amides is 1. The minimum Gasteiger partial charge on any atom is -0.459 e. The number of hydrogen-bond acceptors (Lipinski definition) is 4. The van der Waals surface area contributed by atoms with Crippen molar-refractivity contribution >= 4 is 34.7 Å². The van der Waals surface area contributed by atoms with Crippen LogP contribution in [0.25, 0.3) is 0 Å². The van der Waals surface area contributed by atoms with Gasteiger partial charge in [-0.15, -0.1) is 0 Å². The summed E-state index contributed by atoms with van der Waals surface area (Å²) in [4.78, 5) is 24.3. The molecular weight excluding hydrogens is 421 g/mol. The Balaban J connectivity index is 2.58. The van der Waals surface area contributed by atoms with E-state index in [4.69, 9.17) is 9.47 Å². The van der Waals surface area contributed by atoms with Crippen LogP contribution in [0.5, 0.6) is 0 Å². The van der Waals surface area contributed by atoms with Crippen LogP contribution in [0.4, 0.5) is 4.79 Å². The molecule has 5 nitrogen and oxygen atoms in total. The largest absolute Gasteiger partial charge is 0.459 e. The van der Waals surface area contributed by atoms with E-state index in [0.29, 0.717) is 6.42 Å². The fourth-order valence-electron chi connectivity index (χ4n) is 1.97. The van der Waals surface area contributed by atoms with Crippen molar-refractivity contribution in [2.24, 2.45) is 0 Å². The number of halogens is 1. The number of carbonyl (C=O) groups is 2. The summed E-state index contributed by atoms with van der Waals surface area (Å²) in [5.74, 6) is -0.432. The molecule has 0 saturated carbocycles. The predicted octanol–water partition coefficient (Wildman–Crippen LogP) is 4.23. The van der Waals surface area contributed by atoms with Gasteiger partial charge in [-0.2, -0.15) is 0 Å². The highest BCUT2D eigenvalue weighted by atomic mass is 127. The summed E-state index contributed by atoms with van der Waals surface area (Å²) in [5.41, 5.74) is 0.305. The molecule has 0 aliphatic heterocycles. The Hall–Kier alpha value is -1.31. The standard InChI is InChI=1S/C18H26INO4/c1-18(2,3)24-17(22)20-15(11-7-8-12-19)16(21)23-13-14-9-5-4-6-10-14/h4-6,9-10,15H,7-8,11-13H2,1-3H3,(H,20,22)/t15-/m1/s1. The maximum atomic E-state index is 12.3. The zero-order valence-corrected chi connectivity index (χ0v) is 16.7. The molecule has 1 aromatic rings. The molecule has 1 N–H and O–H groups in total. The SMILES string of the molecule is CC(C)(C)OC(=O)N[C@H](CCCCI)C(=O)OCc1ccccc1. The van der Waals surface area contributed by atoms with Crippen LogP contribution in [0.2, 0.25) is 0 Å². The second-order valence-electron chi connectivity index (χ2n) is 6.48. The van der Waals surface area contributed by atoms with Gasteiger partial charge in [0.2, 0.25) is 0 Å². The van der Waals surface area contributed by atoms with Crippen LogP contribution in [0.1, 0.15) is 45.6 Å². The molecule has 0 aliphatic rings. The minimum absolute atomic E-state index is 0.193. The Morgan fingerprint density at radius 3 is 2.42 bits per heavy atom.